The molecule has 0 spiro atoms. The fourth-order valence-electron chi connectivity index (χ4n) is 3.42. The van der Waals surface area contributed by atoms with Gasteiger partial charge in [-0.2, -0.15) is 4.31 Å². The smallest absolute Gasteiger partial charge is 0.243 e. The number of nitrogens with one attached hydrogen (secondary N) is 1. The van der Waals surface area contributed by atoms with Crippen LogP contribution < -0.4 is 5.32 Å². The van der Waals surface area contributed by atoms with Gasteiger partial charge in [-0.15, -0.1) is 0 Å². The van der Waals surface area contributed by atoms with Crippen LogP contribution >= 0.6 is 11.6 Å². The minimum atomic E-state index is -3.73. The molecule has 2 aromatic carbocycles. The molecule has 0 aliphatic carbocycles. The Labute approximate surface area is 182 Å². The van der Waals surface area contributed by atoms with Gasteiger partial charge in [-0.1, -0.05) is 35.9 Å². The van der Waals surface area contributed by atoms with Gasteiger partial charge in [0, 0.05) is 25.2 Å². The molecule has 0 unspecified atom stereocenters. The summed E-state index contributed by atoms with van der Waals surface area (Å²) in [6, 6.07) is 13.8. The van der Waals surface area contributed by atoms with Gasteiger partial charge in [-0.25, -0.2) is 16.8 Å². The van der Waals surface area contributed by atoms with Crippen LogP contribution in [0.5, 0.6) is 0 Å². The highest BCUT2D eigenvalue weighted by molar-refractivity contribution is 7.92. The fourth-order valence-corrected chi connectivity index (χ4v) is 6.69. The maximum absolute atomic E-state index is 13.0. The van der Waals surface area contributed by atoms with E-state index in [0.717, 1.165) is 11.1 Å². The predicted molar refractivity (Wildman–Crippen MR) is 117 cm³/mol. The van der Waals surface area contributed by atoms with E-state index in [1.165, 1.54) is 11.4 Å². The number of sulfonamides is 1. The lowest BCUT2D eigenvalue weighted by molar-refractivity contribution is -0.118. The number of carbonyl (C=O) groups excluding carboxylic acids is 1. The molecule has 0 bridgehead atoms. The summed E-state index contributed by atoms with van der Waals surface area (Å²) in [5.74, 6) is -1.14. The molecular weight excluding hydrogens is 448 g/mol. The van der Waals surface area contributed by atoms with Crippen LogP contribution in [0.1, 0.15) is 12.8 Å². The van der Waals surface area contributed by atoms with Crippen molar-refractivity contribution in [2.75, 3.05) is 25.9 Å². The van der Waals surface area contributed by atoms with Gasteiger partial charge in [0.1, 0.15) is 5.75 Å². The molecule has 2 aromatic rings. The first-order valence-electron chi connectivity index (χ1n) is 9.42. The zero-order valence-electron chi connectivity index (χ0n) is 16.4. The Bertz CT molecular complexity index is 1110. The molecule has 7 nitrogen and oxygen atoms in total. The van der Waals surface area contributed by atoms with E-state index in [1.807, 2.05) is 12.1 Å². The van der Waals surface area contributed by atoms with Crippen molar-refractivity contribution in [3.63, 3.8) is 0 Å². The molecule has 0 saturated carbocycles. The SMILES string of the molecule is CNC(=O)CS(=O)(=O)C1CCN(S(=O)(=O)c2ccc(-c3ccc(Cl)cc3)cc2)CC1. The lowest BCUT2D eigenvalue weighted by atomic mass is 10.1. The number of halogens is 1. The van der Waals surface area contributed by atoms with E-state index in [0.29, 0.717) is 5.02 Å². The maximum atomic E-state index is 13.0. The van der Waals surface area contributed by atoms with E-state index in [9.17, 15) is 21.6 Å². The number of benzene rings is 2. The van der Waals surface area contributed by atoms with E-state index in [1.54, 1.807) is 36.4 Å². The van der Waals surface area contributed by atoms with Crippen molar-refractivity contribution in [2.24, 2.45) is 0 Å². The minimum Gasteiger partial charge on any atom is -0.358 e. The van der Waals surface area contributed by atoms with Crippen LogP contribution in [-0.2, 0) is 24.7 Å². The Balaban J connectivity index is 1.69. The van der Waals surface area contributed by atoms with Crippen molar-refractivity contribution in [1.82, 2.24) is 9.62 Å². The monoisotopic (exact) mass is 470 g/mol. The van der Waals surface area contributed by atoms with Gasteiger partial charge in [-0.05, 0) is 48.2 Å². The van der Waals surface area contributed by atoms with Gasteiger partial charge in [0.2, 0.25) is 15.9 Å². The molecule has 0 aromatic heterocycles. The molecule has 1 saturated heterocycles. The Morgan fingerprint density at radius 2 is 1.47 bits per heavy atom. The van der Waals surface area contributed by atoms with Crippen LogP contribution in [0.2, 0.25) is 5.02 Å². The van der Waals surface area contributed by atoms with Crippen molar-refractivity contribution in [2.45, 2.75) is 23.0 Å². The number of hydrogen-bond acceptors (Lipinski definition) is 5. The number of hydrogen-bond donors (Lipinski definition) is 1. The van der Waals surface area contributed by atoms with Gasteiger partial charge in [0.15, 0.2) is 9.84 Å². The standard InChI is InChI=1S/C20H23ClN2O5S2/c1-22-20(24)14-29(25,26)18-10-12-23(13-11-18)30(27,28)19-8-4-16(5-9-19)15-2-6-17(21)7-3-15/h2-9,18H,10-14H2,1H3,(H,22,24). The third-order valence-electron chi connectivity index (χ3n) is 5.19. The van der Waals surface area contributed by atoms with Crippen molar-refractivity contribution < 1.29 is 21.6 Å². The lowest BCUT2D eigenvalue weighted by Crippen LogP contribution is -2.44. The Kier molecular flexibility index (Phi) is 6.86. The van der Waals surface area contributed by atoms with E-state index >= 15 is 0 Å². The number of nitrogens with zero attached hydrogens (tertiary/aromatic N) is 1. The lowest BCUT2D eigenvalue weighted by Gasteiger charge is -2.30. The quantitative estimate of drug-likeness (QED) is 0.698. The summed E-state index contributed by atoms with van der Waals surface area (Å²) in [6.07, 6.45) is 0.336. The molecule has 30 heavy (non-hydrogen) atoms. The summed E-state index contributed by atoms with van der Waals surface area (Å²) in [7, 11) is -5.96. The van der Waals surface area contributed by atoms with Crippen LogP contribution in [-0.4, -0.2) is 58.2 Å². The van der Waals surface area contributed by atoms with Crippen LogP contribution in [0.3, 0.4) is 0 Å². The van der Waals surface area contributed by atoms with E-state index in [-0.39, 0.29) is 30.8 Å². The van der Waals surface area contributed by atoms with E-state index in [4.69, 9.17) is 11.6 Å². The Hall–Kier alpha value is -1.94. The van der Waals surface area contributed by atoms with Crippen LogP contribution in [0.25, 0.3) is 11.1 Å². The summed E-state index contributed by atoms with van der Waals surface area (Å²) in [5, 5.41) is 2.21. The van der Waals surface area contributed by atoms with Crippen molar-refractivity contribution >= 4 is 37.4 Å². The highest BCUT2D eigenvalue weighted by atomic mass is 35.5. The van der Waals surface area contributed by atoms with Crippen LogP contribution in [0, 0.1) is 0 Å². The van der Waals surface area contributed by atoms with E-state index < -0.39 is 36.8 Å². The second-order valence-electron chi connectivity index (χ2n) is 7.12. The molecule has 1 N–H and O–H groups in total. The molecule has 1 fully saturated rings. The molecule has 10 heteroatoms. The molecule has 1 aliphatic heterocycles. The average Bonchev–Trinajstić information content (AvgIpc) is 2.74. The van der Waals surface area contributed by atoms with Gasteiger partial charge in [0.25, 0.3) is 0 Å². The summed E-state index contributed by atoms with van der Waals surface area (Å²) < 4.78 is 51.9. The second kappa shape index (κ2) is 9.05. The minimum absolute atomic E-state index is 0.0961. The second-order valence-corrected chi connectivity index (χ2v) is 11.8. The number of carbonyl (C=O) groups is 1. The first-order valence-corrected chi connectivity index (χ1v) is 12.9. The van der Waals surface area contributed by atoms with Crippen molar-refractivity contribution in [3.8, 4) is 11.1 Å². The zero-order chi connectivity index (χ0) is 21.9. The van der Waals surface area contributed by atoms with Crippen molar-refractivity contribution in [3.05, 3.63) is 53.6 Å². The predicted octanol–water partition coefficient (Wildman–Crippen LogP) is 2.32. The Morgan fingerprint density at radius 1 is 0.967 bits per heavy atom. The molecular formula is C20H23ClN2O5S2. The number of rotatable bonds is 6. The molecule has 1 amide bonds. The zero-order valence-corrected chi connectivity index (χ0v) is 18.8. The van der Waals surface area contributed by atoms with Crippen molar-refractivity contribution in [1.29, 1.82) is 0 Å². The molecule has 1 aliphatic rings. The third kappa shape index (κ3) is 5.03. The molecule has 0 atom stereocenters. The first kappa shape index (κ1) is 22.7. The molecule has 162 valence electrons. The molecule has 3 rings (SSSR count). The van der Waals surface area contributed by atoms with Gasteiger partial charge >= 0.3 is 0 Å². The topological polar surface area (TPSA) is 101 Å². The highest BCUT2D eigenvalue weighted by Gasteiger charge is 2.35. The van der Waals surface area contributed by atoms with Gasteiger partial charge in [-0.3, -0.25) is 4.79 Å². The highest BCUT2D eigenvalue weighted by Crippen LogP contribution is 2.27. The summed E-state index contributed by atoms with van der Waals surface area (Å²) in [5.41, 5.74) is 1.79. The fraction of sp³-hybridized carbons (Fsp3) is 0.350. The number of amides is 1. The summed E-state index contributed by atoms with van der Waals surface area (Å²) in [6.45, 7) is 0.192. The Morgan fingerprint density at radius 3 is 1.97 bits per heavy atom. The first-order chi connectivity index (χ1) is 14.1. The maximum Gasteiger partial charge on any atom is 0.243 e. The summed E-state index contributed by atoms with van der Waals surface area (Å²) >= 11 is 5.90. The summed E-state index contributed by atoms with van der Waals surface area (Å²) in [4.78, 5) is 11.6. The number of sulfone groups is 1. The normalized spacial score (nSPS) is 16.3. The van der Waals surface area contributed by atoms with Crippen LogP contribution in [0.4, 0.5) is 0 Å². The van der Waals surface area contributed by atoms with Crippen LogP contribution in [0.15, 0.2) is 53.4 Å². The number of piperidine rings is 1. The van der Waals surface area contributed by atoms with Gasteiger partial charge < -0.3 is 5.32 Å². The average molecular weight is 471 g/mol. The third-order valence-corrected chi connectivity index (χ3v) is 9.51. The molecule has 1 heterocycles. The largest absolute Gasteiger partial charge is 0.358 e. The van der Waals surface area contributed by atoms with Gasteiger partial charge in [0.05, 0.1) is 10.1 Å². The van der Waals surface area contributed by atoms with E-state index in [2.05, 4.69) is 5.32 Å². The molecule has 0 radical (unpaired) electrons.